The van der Waals surface area contributed by atoms with Crippen molar-refractivity contribution in [2.24, 2.45) is 0 Å². The Morgan fingerprint density at radius 2 is 2.19 bits per heavy atom. The molecular formula is C19H19FN2O4. The summed E-state index contributed by atoms with van der Waals surface area (Å²) >= 11 is 0. The van der Waals surface area contributed by atoms with E-state index in [0.717, 1.165) is 18.6 Å². The fourth-order valence-corrected chi connectivity index (χ4v) is 2.43. The fraction of sp³-hybridized carbons (Fsp3) is 0.263. The summed E-state index contributed by atoms with van der Waals surface area (Å²) in [5.74, 6) is 0.968. The van der Waals surface area contributed by atoms with Gasteiger partial charge in [-0.15, -0.1) is 0 Å². The van der Waals surface area contributed by atoms with Gasteiger partial charge in [0.1, 0.15) is 17.3 Å². The van der Waals surface area contributed by atoms with Crippen molar-refractivity contribution in [3.05, 3.63) is 65.7 Å². The van der Waals surface area contributed by atoms with Gasteiger partial charge in [-0.05, 0) is 43.7 Å². The zero-order chi connectivity index (χ0) is 18.4. The van der Waals surface area contributed by atoms with Crippen molar-refractivity contribution < 1.29 is 22.9 Å². The van der Waals surface area contributed by atoms with E-state index >= 15 is 0 Å². The van der Waals surface area contributed by atoms with Gasteiger partial charge in [0.05, 0.1) is 25.0 Å². The van der Waals surface area contributed by atoms with Crippen LogP contribution in [0.15, 0.2) is 51.5 Å². The van der Waals surface area contributed by atoms with Crippen LogP contribution in [0.2, 0.25) is 0 Å². The first-order valence-electron chi connectivity index (χ1n) is 8.27. The van der Waals surface area contributed by atoms with Crippen LogP contribution in [0.4, 0.5) is 4.39 Å². The highest BCUT2D eigenvalue weighted by molar-refractivity contribution is 5.77. The van der Waals surface area contributed by atoms with Crippen molar-refractivity contribution in [3.8, 4) is 11.5 Å². The highest BCUT2D eigenvalue weighted by Gasteiger charge is 2.15. The molecule has 0 radical (unpaired) electrons. The molecule has 7 heteroatoms. The van der Waals surface area contributed by atoms with Crippen molar-refractivity contribution in [2.75, 3.05) is 6.61 Å². The molecule has 1 amide bonds. The molecule has 0 spiro atoms. The summed E-state index contributed by atoms with van der Waals surface area (Å²) in [4.78, 5) is 21.4. The van der Waals surface area contributed by atoms with Gasteiger partial charge < -0.3 is 8.83 Å². The van der Waals surface area contributed by atoms with Crippen LogP contribution in [0.5, 0.6) is 0 Å². The lowest BCUT2D eigenvalue weighted by Gasteiger charge is -2.04. The Morgan fingerprint density at radius 1 is 1.31 bits per heavy atom. The normalized spacial score (nSPS) is 10.8. The third-order valence-corrected chi connectivity index (χ3v) is 3.73. The Bertz CT molecular complexity index is 858. The molecule has 6 nitrogen and oxygen atoms in total. The minimum absolute atomic E-state index is 0.0167. The van der Waals surface area contributed by atoms with Crippen LogP contribution in [0, 0.1) is 12.7 Å². The first kappa shape index (κ1) is 17.9. The zero-order valence-corrected chi connectivity index (χ0v) is 14.3. The number of oxazole rings is 1. The van der Waals surface area contributed by atoms with Gasteiger partial charge in [-0.3, -0.25) is 9.63 Å². The number of carbonyl (C=O) groups excluding carboxylic acids is 1. The monoisotopic (exact) mass is 358 g/mol. The summed E-state index contributed by atoms with van der Waals surface area (Å²) in [5.41, 5.74) is 3.39. The van der Waals surface area contributed by atoms with Crippen LogP contribution in [-0.4, -0.2) is 17.5 Å². The molecule has 1 aromatic carbocycles. The average molecular weight is 358 g/mol. The third-order valence-electron chi connectivity index (χ3n) is 3.73. The Kier molecular flexibility index (Phi) is 5.80. The maximum atomic E-state index is 13.3. The molecule has 0 aliphatic heterocycles. The lowest BCUT2D eigenvalue weighted by molar-refractivity contribution is -0.133. The molecule has 1 N–H and O–H groups in total. The van der Waals surface area contributed by atoms with Crippen LogP contribution < -0.4 is 5.48 Å². The summed E-state index contributed by atoms with van der Waals surface area (Å²) in [6.45, 7) is 2.08. The second-order valence-electron chi connectivity index (χ2n) is 5.77. The SMILES string of the molecule is Cc1oc(-c2cccc(F)c2)nc1CC(=O)NOCCCc1ccco1. The van der Waals surface area contributed by atoms with Crippen molar-refractivity contribution in [1.29, 1.82) is 0 Å². The Hall–Kier alpha value is -2.93. The van der Waals surface area contributed by atoms with Crippen LogP contribution in [0.25, 0.3) is 11.5 Å². The maximum Gasteiger partial charge on any atom is 0.249 e. The van der Waals surface area contributed by atoms with E-state index in [4.69, 9.17) is 13.7 Å². The molecule has 0 saturated carbocycles. The van der Waals surface area contributed by atoms with E-state index in [1.54, 1.807) is 25.3 Å². The average Bonchev–Trinajstić information content (AvgIpc) is 3.25. The predicted molar refractivity (Wildman–Crippen MR) is 91.5 cm³/mol. The van der Waals surface area contributed by atoms with Gasteiger partial charge in [0.25, 0.3) is 0 Å². The number of aryl methyl sites for hydroxylation is 2. The second-order valence-corrected chi connectivity index (χ2v) is 5.77. The van der Waals surface area contributed by atoms with Gasteiger partial charge >= 0.3 is 0 Å². The number of nitrogens with one attached hydrogen (secondary N) is 1. The topological polar surface area (TPSA) is 77.5 Å². The van der Waals surface area contributed by atoms with E-state index in [9.17, 15) is 9.18 Å². The first-order valence-corrected chi connectivity index (χ1v) is 8.27. The van der Waals surface area contributed by atoms with Crippen molar-refractivity contribution in [1.82, 2.24) is 10.5 Å². The number of furan rings is 1. The van der Waals surface area contributed by atoms with Crippen LogP contribution in [0.3, 0.4) is 0 Å². The van der Waals surface area contributed by atoms with Crippen LogP contribution >= 0.6 is 0 Å². The molecule has 0 unspecified atom stereocenters. The molecule has 0 bridgehead atoms. The molecule has 26 heavy (non-hydrogen) atoms. The van der Waals surface area contributed by atoms with Gasteiger partial charge in [0, 0.05) is 12.0 Å². The van der Waals surface area contributed by atoms with Crippen LogP contribution in [0.1, 0.15) is 23.6 Å². The smallest absolute Gasteiger partial charge is 0.249 e. The highest BCUT2D eigenvalue weighted by atomic mass is 19.1. The maximum absolute atomic E-state index is 13.3. The molecule has 0 aliphatic carbocycles. The summed E-state index contributed by atoms with van der Waals surface area (Å²) in [6, 6.07) is 9.67. The number of halogens is 1. The fourth-order valence-electron chi connectivity index (χ4n) is 2.43. The number of benzene rings is 1. The molecule has 0 saturated heterocycles. The molecule has 2 heterocycles. The molecule has 0 atom stereocenters. The van der Waals surface area contributed by atoms with Gasteiger partial charge in [-0.25, -0.2) is 14.9 Å². The molecule has 2 aromatic heterocycles. The number of rotatable bonds is 8. The number of hydrogen-bond donors (Lipinski definition) is 1. The number of hydroxylamine groups is 1. The molecule has 0 fully saturated rings. The van der Waals surface area contributed by atoms with Crippen molar-refractivity contribution in [3.63, 3.8) is 0 Å². The standard InChI is InChI=1S/C19H19FN2O4/c1-13-17(21-19(26-13)14-5-2-6-15(20)11-14)12-18(23)22-25-10-4-8-16-7-3-9-24-16/h2-3,5-7,9,11H,4,8,10,12H2,1H3,(H,22,23). The summed E-state index contributed by atoms with van der Waals surface area (Å²) in [6.07, 6.45) is 3.10. The predicted octanol–water partition coefficient (Wildman–Crippen LogP) is 3.61. The quantitative estimate of drug-likeness (QED) is 0.492. The number of hydrogen-bond acceptors (Lipinski definition) is 5. The lowest BCUT2D eigenvalue weighted by atomic mass is 10.2. The molecule has 3 rings (SSSR count). The van der Waals surface area contributed by atoms with E-state index in [2.05, 4.69) is 10.5 Å². The minimum atomic E-state index is -0.374. The van der Waals surface area contributed by atoms with E-state index in [1.807, 2.05) is 12.1 Å². The van der Waals surface area contributed by atoms with E-state index in [-0.39, 0.29) is 24.0 Å². The zero-order valence-electron chi connectivity index (χ0n) is 14.3. The summed E-state index contributed by atoms with van der Waals surface area (Å²) in [5, 5.41) is 0. The molecule has 0 aliphatic rings. The van der Waals surface area contributed by atoms with Gasteiger partial charge in [0.15, 0.2) is 0 Å². The van der Waals surface area contributed by atoms with Gasteiger partial charge in [-0.2, -0.15) is 0 Å². The van der Waals surface area contributed by atoms with Gasteiger partial charge in [-0.1, -0.05) is 6.07 Å². The lowest BCUT2D eigenvalue weighted by Crippen LogP contribution is -2.26. The molecule has 3 aromatic rings. The second kappa shape index (κ2) is 8.44. The Morgan fingerprint density at radius 3 is 2.96 bits per heavy atom. The van der Waals surface area contributed by atoms with Crippen molar-refractivity contribution in [2.45, 2.75) is 26.2 Å². The minimum Gasteiger partial charge on any atom is -0.469 e. The number of nitrogens with zero attached hydrogens (tertiary/aromatic N) is 1. The Balaban J connectivity index is 1.47. The van der Waals surface area contributed by atoms with Crippen molar-refractivity contribution >= 4 is 5.91 Å². The summed E-state index contributed by atoms with van der Waals surface area (Å²) in [7, 11) is 0. The largest absolute Gasteiger partial charge is 0.469 e. The Labute approximate surface area is 149 Å². The van der Waals surface area contributed by atoms with Crippen LogP contribution in [-0.2, 0) is 22.5 Å². The van der Waals surface area contributed by atoms with Gasteiger partial charge in [0.2, 0.25) is 11.8 Å². The molecular weight excluding hydrogens is 339 g/mol. The third kappa shape index (κ3) is 4.80. The van der Waals surface area contributed by atoms with E-state index in [1.165, 1.54) is 12.1 Å². The number of amides is 1. The van der Waals surface area contributed by atoms with E-state index in [0.29, 0.717) is 23.6 Å². The first-order chi connectivity index (χ1) is 12.6. The highest BCUT2D eigenvalue weighted by Crippen LogP contribution is 2.22. The molecule has 136 valence electrons. The number of carbonyl (C=O) groups is 1. The van der Waals surface area contributed by atoms with E-state index < -0.39 is 0 Å². The number of aromatic nitrogens is 1. The summed E-state index contributed by atoms with van der Waals surface area (Å²) < 4.78 is 24.1.